The number of hydrogen-bond donors (Lipinski definition) is 1. The van der Waals surface area contributed by atoms with Crippen LogP contribution in [0.15, 0.2) is 29.4 Å². The predicted octanol–water partition coefficient (Wildman–Crippen LogP) is 3.08. The van der Waals surface area contributed by atoms with Crippen LogP contribution in [-0.4, -0.2) is 10.9 Å². The molecule has 0 fully saturated rings. The molecule has 0 atom stereocenters. The normalized spacial score (nSPS) is 12.1. The average Bonchev–Trinajstić information content (AvgIpc) is 2.17. The van der Waals surface area contributed by atoms with E-state index in [0.717, 1.165) is 12.0 Å². The minimum Gasteiger partial charge on any atom is -0.411 e. The Morgan fingerprint density at radius 2 is 1.86 bits per heavy atom. The molecule has 0 unspecified atom stereocenters. The summed E-state index contributed by atoms with van der Waals surface area (Å²) in [5.74, 6) is 0.674. The maximum Gasteiger partial charge on any atom is 0.0836 e. The van der Waals surface area contributed by atoms with Crippen molar-refractivity contribution in [3.05, 3.63) is 35.4 Å². The molecule has 0 amide bonds. The van der Waals surface area contributed by atoms with Gasteiger partial charge in [0, 0.05) is 0 Å². The maximum absolute atomic E-state index is 8.59. The molecule has 1 N–H and O–H groups in total. The molecule has 1 aromatic carbocycles. The topological polar surface area (TPSA) is 32.6 Å². The molecular weight excluding hydrogens is 174 g/mol. The van der Waals surface area contributed by atoms with Gasteiger partial charge in [-0.05, 0) is 30.4 Å². The van der Waals surface area contributed by atoms with Crippen molar-refractivity contribution in [1.82, 2.24) is 0 Å². The van der Waals surface area contributed by atoms with Crippen LogP contribution in [0.5, 0.6) is 0 Å². The van der Waals surface area contributed by atoms with Crippen molar-refractivity contribution in [1.29, 1.82) is 0 Å². The zero-order chi connectivity index (χ0) is 10.6. The molecule has 0 aromatic heterocycles. The standard InChI is InChI=1S/C12H17NO/c1-9(2)8-11-4-6-12(7-5-11)10(3)13-14/h4-7,9,14H,8H2,1-3H3/b13-10+. The van der Waals surface area contributed by atoms with Crippen LogP contribution in [0.1, 0.15) is 31.9 Å². The fourth-order valence-electron chi connectivity index (χ4n) is 1.41. The summed E-state index contributed by atoms with van der Waals surface area (Å²) in [6.07, 6.45) is 1.09. The van der Waals surface area contributed by atoms with E-state index >= 15 is 0 Å². The van der Waals surface area contributed by atoms with Gasteiger partial charge in [-0.3, -0.25) is 0 Å². The van der Waals surface area contributed by atoms with Crippen molar-refractivity contribution >= 4 is 5.71 Å². The third-order valence-corrected chi connectivity index (χ3v) is 2.17. The molecule has 2 heteroatoms. The molecule has 0 saturated carbocycles. The highest BCUT2D eigenvalue weighted by molar-refractivity contribution is 5.98. The van der Waals surface area contributed by atoms with Gasteiger partial charge in [-0.2, -0.15) is 0 Å². The zero-order valence-corrected chi connectivity index (χ0v) is 8.99. The third-order valence-electron chi connectivity index (χ3n) is 2.17. The Morgan fingerprint density at radius 3 is 2.29 bits per heavy atom. The SMILES string of the molecule is C/C(=N\O)c1ccc(CC(C)C)cc1. The van der Waals surface area contributed by atoms with Crippen molar-refractivity contribution in [2.24, 2.45) is 11.1 Å². The van der Waals surface area contributed by atoms with Crippen molar-refractivity contribution in [2.45, 2.75) is 27.2 Å². The lowest BCUT2D eigenvalue weighted by molar-refractivity contribution is 0.319. The van der Waals surface area contributed by atoms with Gasteiger partial charge in [0.2, 0.25) is 0 Å². The summed E-state index contributed by atoms with van der Waals surface area (Å²) < 4.78 is 0. The Balaban J connectivity index is 2.78. The summed E-state index contributed by atoms with van der Waals surface area (Å²) in [5, 5.41) is 11.8. The van der Waals surface area contributed by atoms with Crippen LogP contribution in [0.3, 0.4) is 0 Å². The van der Waals surface area contributed by atoms with Gasteiger partial charge in [0.25, 0.3) is 0 Å². The summed E-state index contributed by atoms with van der Waals surface area (Å²) in [6.45, 7) is 6.19. The number of oxime groups is 1. The van der Waals surface area contributed by atoms with Crippen molar-refractivity contribution in [3.63, 3.8) is 0 Å². The van der Waals surface area contributed by atoms with Gasteiger partial charge in [-0.15, -0.1) is 0 Å². The van der Waals surface area contributed by atoms with Crippen LogP contribution >= 0.6 is 0 Å². The summed E-state index contributed by atoms with van der Waals surface area (Å²) in [5.41, 5.74) is 2.95. The first-order valence-electron chi connectivity index (χ1n) is 4.91. The molecule has 0 saturated heterocycles. The molecular formula is C12H17NO. The monoisotopic (exact) mass is 191 g/mol. The van der Waals surface area contributed by atoms with Crippen LogP contribution in [0.4, 0.5) is 0 Å². The molecule has 76 valence electrons. The molecule has 2 nitrogen and oxygen atoms in total. The highest BCUT2D eigenvalue weighted by Crippen LogP contribution is 2.10. The van der Waals surface area contributed by atoms with Gasteiger partial charge in [-0.1, -0.05) is 43.3 Å². The minimum atomic E-state index is 0.654. The molecule has 1 aromatic rings. The Morgan fingerprint density at radius 1 is 1.29 bits per heavy atom. The van der Waals surface area contributed by atoms with E-state index < -0.39 is 0 Å². The van der Waals surface area contributed by atoms with Gasteiger partial charge in [-0.25, -0.2) is 0 Å². The third kappa shape index (κ3) is 2.87. The lowest BCUT2D eigenvalue weighted by Crippen LogP contribution is -1.97. The van der Waals surface area contributed by atoms with Gasteiger partial charge in [0.1, 0.15) is 0 Å². The smallest absolute Gasteiger partial charge is 0.0836 e. The molecule has 0 radical (unpaired) electrons. The van der Waals surface area contributed by atoms with E-state index in [2.05, 4.69) is 31.1 Å². The van der Waals surface area contributed by atoms with Crippen LogP contribution < -0.4 is 0 Å². The molecule has 14 heavy (non-hydrogen) atoms. The predicted molar refractivity (Wildman–Crippen MR) is 59.0 cm³/mol. The van der Waals surface area contributed by atoms with E-state index in [0.29, 0.717) is 11.6 Å². The van der Waals surface area contributed by atoms with Crippen LogP contribution in [-0.2, 0) is 6.42 Å². The Labute approximate surface area is 85.3 Å². The van der Waals surface area contributed by atoms with E-state index in [1.165, 1.54) is 5.56 Å². The molecule has 0 aliphatic heterocycles. The van der Waals surface area contributed by atoms with Gasteiger partial charge >= 0.3 is 0 Å². The quantitative estimate of drug-likeness (QED) is 0.444. The first kappa shape index (κ1) is 10.8. The van der Waals surface area contributed by atoms with E-state index in [1.54, 1.807) is 6.92 Å². The largest absolute Gasteiger partial charge is 0.411 e. The fraction of sp³-hybridized carbons (Fsp3) is 0.417. The van der Waals surface area contributed by atoms with E-state index in [9.17, 15) is 0 Å². The van der Waals surface area contributed by atoms with E-state index in [-0.39, 0.29) is 0 Å². The zero-order valence-electron chi connectivity index (χ0n) is 8.99. The molecule has 0 aliphatic rings. The molecule has 0 heterocycles. The van der Waals surface area contributed by atoms with Crippen LogP contribution in [0.2, 0.25) is 0 Å². The van der Waals surface area contributed by atoms with Crippen LogP contribution in [0.25, 0.3) is 0 Å². The summed E-state index contributed by atoms with van der Waals surface area (Å²) in [4.78, 5) is 0. The van der Waals surface area contributed by atoms with Crippen molar-refractivity contribution in [2.75, 3.05) is 0 Å². The highest BCUT2D eigenvalue weighted by Gasteiger charge is 2.00. The Hall–Kier alpha value is -1.31. The van der Waals surface area contributed by atoms with Crippen molar-refractivity contribution in [3.8, 4) is 0 Å². The molecule has 0 aliphatic carbocycles. The van der Waals surface area contributed by atoms with E-state index in [4.69, 9.17) is 5.21 Å². The minimum absolute atomic E-state index is 0.654. The van der Waals surface area contributed by atoms with Crippen LogP contribution in [0, 0.1) is 5.92 Å². The van der Waals surface area contributed by atoms with Gasteiger partial charge in [0.05, 0.1) is 5.71 Å². The first-order chi connectivity index (χ1) is 6.63. The van der Waals surface area contributed by atoms with Crippen molar-refractivity contribution < 1.29 is 5.21 Å². The number of rotatable bonds is 3. The summed E-state index contributed by atoms with van der Waals surface area (Å²) >= 11 is 0. The number of nitrogens with zero attached hydrogens (tertiary/aromatic N) is 1. The Kier molecular flexibility index (Phi) is 3.69. The molecule has 1 rings (SSSR count). The second-order valence-electron chi connectivity index (χ2n) is 3.98. The lowest BCUT2D eigenvalue weighted by atomic mass is 10.0. The number of benzene rings is 1. The molecule has 0 spiro atoms. The summed E-state index contributed by atoms with van der Waals surface area (Å²) in [6, 6.07) is 8.16. The van der Waals surface area contributed by atoms with E-state index in [1.807, 2.05) is 12.1 Å². The highest BCUT2D eigenvalue weighted by atomic mass is 16.4. The Bertz CT molecular complexity index is 312. The fourth-order valence-corrected chi connectivity index (χ4v) is 1.41. The lowest BCUT2D eigenvalue weighted by Gasteiger charge is -2.05. The average molecular weight is 191 g/mol. The molecule has 0 bridgehead atoms. The number of hydrogen-bond acceptors (Lipinski definition) is 2. The second kappa shape index (κ2) is 4.80. The first-order valence-corrected chi connectivity index (χ1v) is 4.91. The maximum atomic E-state index is 8.59. The summed E-state index contributed by atoms with van der Waals surface area (Å²) in [7, 11) is 0. The van der Waals surface area contributed by atoms with Gasteiger partial charge < -0.3 is 5.21 Å². The second-order valence-corrected chi connectivity index (χ2v) is 3.98. The van der Waals surface area contributed by atoms with Gasteiger partial charge in [0.15, 0.2) is 0 Å².